The van der Waals surface area contributed by atoms with Crippen LogP contribution in [0.2, 0.25) is 0 Å². The molecule has 0 atom stereocenters. The van der Waals surface area contributed by atoms with Gasteiger partial charge in [0.25, 0.3) is 0 Å². The SMILES string of the molecule is CNC(=O)C1(c2ccnc(Nc3ccc(N(C)C)cc3)n2)CCCC1. The second kappa shape index (κ2) is 7.09. The highest BCUT2D eigenvalue weighted by Crippen LogP contribution is 2.40. The van der Waals surface area contributed by atoms with Crippen LogP contribution in [0.15, 0.2) is 36.5 Å². The summed E-state index contributed by atoms with van der Waals surface area (Å²) in [6.07, 6.45) is 5.49. The van der Waals surface area contributed by atoms with Gasteiger partial charge in [0, 0.05) is 38.7 Å². The summed E-state index contributed by atoms with van der Waals surface area (Å²) < 4.78 is 0. The minimum atomic E-state index is -0.525. The third-order valence-corrected chi connectivity index (χ3v) is 4.90. The minimum Gasteiger partial charge on any atom is -0.378 e. The second-order valence-corrected chi connectivity index (χ2v) is 6.70. The van der Waals surface area contributed by atoms with Gasteiger partial charge in [0.2, 0.25) is 11.9 Å². The maximum Gasteiger partial charge on any atom is 0.232 e. The zero-order valence-corrected chi connectivity index (χ0v) is 15.0. The monoisotopic (exact) mass is 339 g/mol. The Bertz CT molecular complexity index is 736. The molecule has 2 aromatic rings. The van der Waals surface area contributed by atoms with Crippen molar-refractivity contribution in [2.45, 2.75) is 31.1 Å². The summed E-state index contributed by atoms with van der Waals surface area (Å²) in [6, 6.07) is 9.93. The van der Waals surface area contributed by atoms with Crippen LogP contribution in [-0.4, -0.2) is 37.0 Å². The number of rotatable bonds is 5. The third kappa shape index (κ3) is 3.43. The van der Waals surface area contributed by atoms with E-state index >= 15 is 0 Å². The Morgan fingerprint density at radius 1 is 1.12 bits per heavy atom. The van der Waals surface area contributed by atoms with E-state index in [1.165, 1.54) is 0 Å². The Morgan fingerprint density at radius 3 is 2.40 bits per heavy atom. The molecule has 1 aliphatic rings. The van der Waals surface area contributed by atoms with Gasteiger partial charge in [0.15, 0.2) is 0 Å². The van der Waals surface area contributed by atoms with Crippen LogP contribution in [0.4, 0.5) is 17.3 Å². The van der Waals surface area contributed by atoms with Crippen molar-refractivity contribution in [3.8, 4) is 0 Å². The molecule has 0 radical (unpaired) electrons. The van der Waals surface area contributed by atoms with Crippen LogP contribution in [0.5, 0.6) is 0 Å². The first-order valence-electron chi connectivity index (χ1n) is 8.65. The molecule has 1 fully saturated rings. The normalized spacial score (nSPS) is 15.6. The van der Waals surface area contributed by atoms with Gasteiger partial charge in [-0.15, -0.1) is 0 Å². The highest BCUT2D eigenvalue weighted by atomic mass is 16.2. The summed E-state index contributed by atoms with van der Waals surface area (Å²) in [5.74, 6) is 0.565. The van der Waals surface area contributed by atoms with Gasteiger partial charge in [0.05, 0.1) is 11.1 Å². The van der Waals surface area contributed by atoms with Crippen LogP contribution in [0.1, 0.15) is 31.4 Å². The highest BCUT2D eigenvalue weighted by molar-refractivity contribution is 5.87. The van der Waals surface area contributed by atoms with Crippen LogP contribution in [0.25, 0.3) is 0 Å². The predicted octanol–water partition coefficient (Wildman–Crippen LogP) is 2.84. The van der Waals surface area contributed by atoms with Crippen LogP contribution in [-0.2, 0) is 10.2 Å². The van der Waals surface area contributed by atoms with E-state index < -0.39 is 5.41 Å². The molecule has 1 amide bonds. The lowest BCUT2D eigenvalue weighted by molar-refractivity contribution is -0.126. The van der Waals surface area contributed by atoms with E-state index in [-0.39, 0.29) is 5.91 Å². The molecule has 0 aliphatic heterocycles. The van der Waals surface area contributed by atoms with Gasteiger partial charge in [-0.05, 0) is 43.2 Å². The molecule has 132 valence electrons. The lowest BCUT2D eigenvalue weighted by atomic mass is 9.81. The van der Waals surface area contributed by atoms with E-state index in [1.54, 1.807) is 13.2 Å². The first kappa shape index (κ1) is 17.2. The Morgan fingerprint density at radius 2 is 1.80 bits per heavy atom. The quantitative estimate of drug-likeness (QED) is 0.876. The molecular weight excluding hydrogens is 314 g/mol. The average Bonchev–Trinajstić information content (AvgIpc) is 3.13. The second-order valence-electron chi connectivity index (χ2n) is 6.70. The molecule has 1 saturated carbocycles. The first-order chi connectivity index (χ1) is 12.0. The van der Waals surface area contributed by atoms with E-state index in [1.807, 2.05) is 49.3 Å². The molecule has 0 spiro atoms. The third-order valence-electron chi connectivity index (χ3n) is 4.90. The molecule has 1 heterocycles. The average molecular weight is 339 g/mol. The van der Waals surface area contributed by atoms with Crippen LogP contribution in [0, 0.1) is 0 Å². The maximum atomic E-state index is 12.5. The number of nitrogens with zero attached hydrogens (tertiary/aromatic N) is 3. The van der Waals surface area contributed by atoms with Crippen molar-refractivity contribution in [2.75, 3.05) is 31.4 Å². The van der Waals surface area contributed by atoms with Crippen molar-refractivity contribution < 1.29 is 4.79 Å². The maximum absolute atomic E-state index is 12.5. The summed E-state index contributed by atoms with van der Waals surface area (Å²) in [7, 11) is 5.71. The molecular formula is C19H25N5O. The van der Waals surface area contributed by atoms with Crippen LogP contribution in [0.3, 0.4) is 0 Å². The number of hydrogen-bond acceptors (Lipinski definition) is 5. The molecule has 25 heavy (non-hydrogen) atoms. The topological polar surface area (TPSA) is 70.2 Å². The van der Waals surface area contributed by atoms with Crippen molar-refractivity contribution in [2.24, 2.45) is 0 Å². The number of carbonyl (C=O) groups is 1. The fourth-order valence-corrected chi connectivity index (χ4v) is 3.47. The zero-order chi connectivity index (χ0) is 17.9. The Hall–Kier alpha value is -2.63. The Labute approximate surface area is 148 Å². The number of amides is 1. The number of carbonyl (C=O) groups excluding carboxylic acids is 1. The number of nitrogens with one attached hydrogen (secondary N) is 2. The van der Waals surface area contributed by atoms with Gasteiger partial charge < -0.3 is 15.5 Å². The van der Waals surface area contributed by atoms with Crippen molar-refractivity contribution >= 4 is 23.2 Å². The van der Waals surface area contributed by atoms with Gasteiger partial charge in [0.1, 0.15) is 0 Å². The number of likely N-dealkylation sites (N-methyl/N-ethyl adjacent to an activating group) is 1. The predicted molar refractivity (Wildman–Crippen MR) is 100 cm³/mol. The van der Waals surface area contributed by atoms with E-state index in [4.69, 9.17) is 0 Å². The number of hydrogen-bond donors (Lipinski definition) is 2. The summed E-state index contributed by atoms with van der Waals surface area (Å²) >= 11 is 0. The van der Waals surface area contributed by atoms with Gasteiger partial charge >= 0.3 is 0 Å². The molecule has 6 heteroatoms. The zero-order valence-electron chi connectivity index (χ0n) is 15.0. The van der Waals surface area contributed by atoms with Crippen molar-refractivity contribution in [1.82, 2.24) is 15.3 Å². The van der Waals surface area contributed by atoms with Crippen molar-refractivity contribution in [3.05, 3.63) is 42.2 Å². The smallest absolute Gasteiger partial charge is 0.232 e. The van der Waals surface area contributed by atoms with Gasteiger partial charge in [-0.2, -0.15) is 0 Å². The van der Waals surface area contributed by atoms with E-state index in [9.17, 15) is 4.79 Å². The molecule has 1 aromatic heterocycles. The lowest BCUT2D eigenvalue weighted by Gasteiger charge is -2.26. The van der Waals surface area contributed by atoms with Crippen molar-refractivity contribution in [1.29, 1.82) is 0 Å². The summed E-state index contributed by atoms with van der Waals surface area (Å²) in [6.45, 7) is 0. The van der Waals surface area contributed by atoms with Gasteiger partial charge in [-0.1, -0.05) is 12.8 Å². The molecule has 0 bridgehead atoms. The van der Waals surface area contributed by atoms with Gasteiger partial charge in [-0.25, -0.2) is 9.97 Å². The van der Waals surface area contributed by atoms with Gasteiger partial charge in [-0.3, -0.25) is 4.79 Å². The fourth-order valence-electron chi connectivity index (χ4n) is 3.47. The van der Waals surface area contributed by atoms with E-state index in [0.717, 1.165) is 42.8 Å². The fraction of sp³-hybridized carbons (Fsp3) is 0.421. The summed E-state index contributed by atoms with van der Waals surface area (Å²) in [5, 5.41) is 6.04. The van der Waals surface area contributed by atoms with Crippen LogP contribution >= 0.6 is 0 Å². The first-order valence-corrected chi connectivity index (χ1v) is 8.65. The lowest BCUT2D eigenvalue weighted by Crippen LogP contribution is -2.41. The molecule has 1 aromatic carbocycles. The molecule has 3 rings (SSSR count). The Kier molecular flexibility index (Phi) is 4.88. The largest absolute Gasteiger partial charge is 0.378 e. The molecule has 2 N–H and O–H groups in total. The molecule has 0 saturated heterocycles. The summed E-state index contributed by atoms with van der Waals surface area (Å²) in [5.41, 5.74) is 2.32. The van der Waals surface area contributed by atoms with E-state index in [2.05, 4.69) is 20.6 Å². The number of anilines is 3. The summed E-state index contributed by atoms with van der Waals surface area (Å²) in [4.78, 5) is 23.5. The van der Waals surface area contributed by atoms with E-state index in [0.29, 0.717) is 5.95 Å². The number of aromatic nitrogens is 2. The minimum absolute atomic E-state index is 0.0463. The highest BCUT2D eigenvalue weighted by Gasteiger charge is 2.43. The standard InChI is InChI=1S/C19H25N5O/c1-20-17(25)19(11-4-5-12-19)16-10-13-21-18(23-16)22-14-6-8-15(9-7-14)24(2)3/h6-10,13H,4-5,11-12H2,1-3H3,(H,20,25)(H,21,22,23). The molecule has 0 unspecified atom stereocenters. The number of benzene rings is 1. The molecule has 6 nitrogen and oxygen atoms in total. The molecule has 1 aliphatic carbocycles. The van der Waals surface area contributed by atoms with Crippen LogP contribution < -0.4 is 15.5 Å². The Balaban J connectivity index is 1.85. The van der Waals surface area contributed by atoms with Crippen molar-refractivity contribution in [3.63, 3.8) is 0 Å².